The number of nitriles is 1. The highest BCUT2D eigenvalue weighted by atomic mass is 32.1. The normalized spacial score (nSPS) is 10.6. The molecule has 1 aromatic heterocycles. The summed E-state index contributed by atoms with van der Waals surface area (Å²) < 4.78 is 38.2. The SMILES string of the molecule is N#Cc1nc2ccc(OCCCN)cc2s1.O=C(O)C(F)(F)F. The van der Waals surface area contributed by atoms with Crippen LogP contribution in [0.3, 0.4) is 0 Å². The first-order chi connectivity index (χ1) is 10.8. The Morgan fingerprint density at radius 2 is 2.13 bits per heavy atom. The second-order valence-corrected chi connectivity index (χ2v) is 5.08. The third kappa shape index (κ3) is 6.09. The second kappa shape index (κ2) is 8.30. The summed E-state index contributed by atoms with van der Waals surface area (Å²) in [6, 6.07) is 7.67. The lowest BCUT2D eigenvalue weighted by Crippen LogP contribution is -2.21. The predicted molar refractivity (Wildman–Crippen MR) is 77.2 cm³/mol. The van der Waals surface area contributed by atoms with Gasteiger partial charge in [-0.05, 0) is 31.2 Å². The molecule has 0 aliphatic rings. The van der Waals surface area contributed by atoms with Crippen LogP contribution < -0.4 is 10.5 Å². The summed E-state index contributed by atoms with van der Waals surface area (Å²) >= 11 is 1.37. The average molecular weight is 347 g/mol. The van der Waals surface area contributed by atoms with Crippen LogP contribution in [0, 0.1) is 11.3 Å². The number of ether oxygens (including phenoxy) is 1. The van der Waals surface area contributed by atoms with E-state index in [0.717, 1.165) is 22.4 Å². The summed E-state index contributed by atoms with van der Waals surface area (Å²) in [4.78, 5) is 13.0. The van der Waals surface area contributed by atoms with Crippen molar-refractivity contribution in [3.05, 3.63) is 23.2 Å². The summed E-state index contributed by atoms with van der Waals surface area (Å²) in [7, 11) is 0. The van der Waals surface area contributed by atoms with Gasteiger partial charge in [-0.3, -0.25) is 0 Å². The van der Waals surface area contributed by atoms with Crippen LogP contribution in [0.4, 0.5) is 13.2 Å². The molecule has 0 aliphatic carbocycles. The molecule has 0 atom stereocenters. The quantitative estimate of drug-likeness (QED) is 0.823. The van der Waals surface area contributed by atoms with Crippen LogP contribution in [-0.2, 0) is 4.79 Å². The highest BCUT2D eigenvalue weighted by Gasteiger charge is 2.38. The Kier molecular flexibility index (Phi) is 6.74. The van der Waals surface area contributed by atoms with E-state index in [9.17, 15) is 13.2 Å². The molecule has 1 aromatic carbocycles. The maximum absolute atomic E-state index is 10.6. The number of aliphatic carboxylic acids is 1. The number of thiazole rings is 1. The maximum Gasteiger partial charge on any atom is 0.490 e. The third-order valence-electron chi connectivity index (χ3n) is 2.32. The minimum Gasteiger partial charge on any atom is -0.493 e. The molecular formula is C13H12F3N3O3S. The lowest BCUT2D eigenvalue weighted by molar-refractivity contribution is -0.192. The van der Waals surface area contributed by atoms with Crippen LogP contribution in [-0.4, -0.2) is 35.4 Å². The summed E-state index contributed by atoms with van der Waals surface area (Å²) in [6.45, 7) is 1.24. The van der Waals surface area contributed by atoms with Gasteiger partial charge >= 0.3 is 12.1 Å². The van der Waals surface area contributed by atoms with E-state index < -0.39 is 12.1 Å². The van der Waals surface area contributed by atoms with Gasteiger partial charge in [0.2, 0.25) is 0 Å². The van der Waals surface area contributed by atoms with Gasteiger partial charge in [0.1, 0.15) is 11.8 Å². The molecule has 0 unspecified atom stereocenters. The van der Waals surface area contributed by atoms with Crippen molar-refractivity contribution >= 4 is 27.5 Å². The highest BCUT2D eigenvalue weighted by Crippen LogP contribution is 2.25. The Bertz CT molecular complexity index is 710. The molecule has 0 fully saturated rings. The minimum absolute atomic E-state index is 0.481. The molecule has 0 radical (unpaired) electrons. The van der Waals surface area contributed by atoms with Gasteiger partial charge in [-0.2, -0.15) is 18.4 Å². The number of aromatic nitrogens is 1. The number of hydrogen-bond acceptors (Lipinski definition) is 6. The Morgan fingerprint density at radius 1 is 1.48 bits per heavy atom. The second-order valence-electron chi connectivity index (χ2n) is 4.05. The Balaban J connectivity index is 0.000000322. The van der Waals surface area contributed by atoms with Gasteiger partial charge in [0, 0.05) is 0 Å². The van der Waals surface area contributed by atoms with E-state index in [1.54, 1.807) is 0 Å². The molecule has 6 nitrogen and oxygen atoms in total. The molecular weight excluding hydrogens is 335 g/mol. The van der Waals surface area contributed by atoms with Crippen LogP contribution in [0.5, 0.6) is 5.75 Å². The molecule has 124 valence electrons. The molecule has 0 spiro atoms. The molecule has 10 heteroatoms. The van der Waals surface area contributed by atoms with E-state index in [0.29, 0.717) is 18.2 Å². The summed E-state index contributed by atoms with van der Waals surface area (Å²) in [6.07, 6.45) is -4.25. The predicted octanol–water partition coefficient (Wildman–Crippen LogP) is 2.53. The van der Waals surface area contributed by atoms with Crippen LogP contribution in [0.25, 0.3) is 10.2 Å². The monoisotopic (exact) mass is 347 g/mol. The number of rotatable bonds is 4. The number of fused-ring (bicyclic) bond motifs is 1. The fraction of sp³-hybridized carbons (Fsp3) is 0.308. The fourth-order valence-electron chi connectivity index (χ4n) is 1.32. The first kappa shape index (κ1) is 18.7. The number of nitrogens with two attached hydrogens (primary N) is 1. The maximum atomic E-state index is 10.6. The zero-order valence-corrected chi connectivity index (χ0v) is 12.4. The zero-order chi connectivity index (χ0) is 17.5. The number of carboxylic acid groups (broad SMARTS) is 1. The van der Waals surface area contributed by atoms with Gasteiger partial charge in [-0.25, -0.2) is 9.78 Å². The highest BCUT2D eigenvalue weighted by molar-refractivity contribution is 7.19. The van der Waals surface area contributed by atoms with E-state index in [2.05, 4.69) is 4.98 Å². The van der Waals surface area contributed by atoms with Gasteiger partial charge in [-0.15, -0.1) is 11.3 Å². The van der Waals surface area contributed by atoms with Crippen molar-refractivity contribution in [2.75, 3.05) is 13.2 Å². The van der Waals surface area contributed by atoms with Gasteiger partial charge in [0.15, 0.2) is 5.01 Å². The largest absolute Gasteiger partial charge is 0.493 e. The molecule has 2 rings (SSSR count). The van der Waals surface area contributed by atoms with E-state index in [1.807, 2.05) is 24.3 Å². The van der Waals surface area contributed by atoms with E-state index >= 15 is 0 Å². The van der Waals surface area contributed by atoms with Crippen LogP contribution >= 0.6 is 11.3 Å². The van der Waals surface area contributed by atoms with Crippen molar-refractivity contribution in [2.24, 2.45) is 5.73 Å². The standard InChI is InChI=1S/C11H11N3OS.C2HF3O2/c12-4-1-5-15-8-2-3-9-10(6-8)16-11(7-13)14-9;3-2(4,5)1(6)7/h2-3,6H,1,4-5,12H2;(H,6,7). The number of alkyl halides is 3. The van der Waals surface area contributed by atoms with Gasteiger partial charge in [0.05, 0.1) is 16.8 Å². The van der Waals surface area contributed by atoms with Crippen molar-refractivity contribution in [3.63, 3.8) is 0 Å². The summed E-state index contributed by atoms with van der Waals surface area (Å²) in [5, 5.41) is 16.3. The summed E-state index contributed by atoms with van der Waals surface area (Å²) in [5.74, 6) is -1.96. The van der Waals surface area contributed by atoms with Crippen molar-refractivity contribution in [2.45, 2.75) is 12.6 Å². The van der Waals surface area contributed by atoms with E-state index in [-0.39, 0.29) is 0 Å². The molecule has 0 bridgehead atoms. The lowest BCUT2D eigenvalue weighted by atomic mass is 10.3. The molecule has 3 N–H and O–H groups in total. The Morgan fingerprint density at radius 3 is 2.65 bits per heavy atom. The lowest BCUT2D eigenvalue weighted by Gasteiger charge is -2.04. The van der Waals surface area contributed by atoms with E-state index in [4.69, 9.17) is 25.6 Å². The van der Waals surface area contributed by atoms with Gasteiger partial charge in [0.25, 0.3) is 0 Å². The van der Waals surface area contributed by atoms with Crippen molar-refractivity contribution in [1.29, 1.82) is 5.26 Å². The molecule has 0 aliphatic heterocycles. The third-order valence-corrected chi connectivity index (χ3v) is 3.24. The zero-order valence-electron chi connectivity index (χ0n) is 11.6. The smallest absolute Gasteiger partial charge is 0.490 e. The number of hydrogen-bond donors (Lipinski definition) is 2. The number of benzene rings is 1. The Hall–Kier alpha value is -2.38. The average Bonchev–Trinajstić information content (AvgIpc) is 2.89. The molecule has 0 saturated carbocycles. The topological polar surface area (TPSA) is 109 Å². The molecule has 23 heavy (non-hydrogen) atoms. The van der Waals surface area contributed by atoms with Crippen LogP contribution in [0.15, 0.2) is 18.2 Å². The fourth-order valence-corrected chi connectivity index (χ4v) is 2.11. The first-order valence-corrected chi connectivity index (χ1v) is 7.03. The molecule has 2 aromatic rings. The van der Waals surface area contributed by atoms with Crippen LogP contribution in [0.2, 0.25) is 0 Å². The first-order valence-electron chi connectivity index (χ1n) is 6.21. The summed E-state index contributed by atoms with van der Waals surface area (Å²) in [5.41, 5.74) is 6.22. The van der Waals surface area contributed by atoms with Gasteiger partial charge in [-0.1, -0.05) is 0 Å². The Labute approximate surface area is 132 Å². The van der Waals surface area contributed by atoms with Crippen molar-refractivity contribution in [1.82, 2.24) is 4.98 Å². The number of carboxylic acids is 1. The minimum atomic E-state index is -5.08. The molecule has 0 saturated heterocycles. The number of nitrogens with zero attached hydrogens (tertiary/aromatic N) is 2. The number of carbonyl (C=O) groups is 1. The van der Waals surface area contributed by atoms with Crippen LogP contribution in [0.1, 0.15) is 11.4 Å². The molecule has 0 amide bonds. The number of halogens is 3. The van der Waals surface area contributed by atoms with Crippen molar-refractivity contribution in [3.8, 4) is 11.8 Å². The van der Waals surface area contributed by atoms with E-state index in [1.165, 1.54) is 11.3 Å². The molecule has 1 heterocycles. The van der Waals surface area contributed by atoms with Gasteiger partial charge < -0.3 is 15.6 Å². The van der Waals surface area contributed by atoms with Crippen molar-refractivity contribution < 1.29 is 27.8 Å².